The standard InChI is InChI=1S/C14H25NO2/c1-9(2)7-11-12(14(11,4)5)13(16)15-10(3)8-17-6/h7,10-12H,8H2,1-6H3,(H,15,16)/t10-,11+,12-/m1/s1. The van der Waals surface area contributed by atoms with E-state index in [4.69, 9.17) is 4.74 Å². The van der Waals surface area contributed by atoms with Gasteiger partial charge in [0.25, 0.3) is 0 Å². The Balaban J connectivity index is 2.57. The lowest BCUT2D eigenvalue weighted by atomic mass is 10.1. The summed E-state index contributed by atoms with van der Waals surface area (Å²) >= 11 is 0. The van der Waals surface area contributed by atoms with E-state index in [0.29, 0.717) is 12.5 Å². The normalized spacial score (nSPS) is 27.2. The highest BCUT2D eigenvalue weighted by Gasteiger charge is 2.60. The molecule has 1 aliphatic rings. The minimum atomic E-state index is 0.0799. The molecule has 0 aromatic heterocycles. The van der Waals surface area contributed by atoms with Gasteiger partial charge in [-0.3, -0.25) is 4.79 Å². The van der Waals surface area contributed by atoms with Crippen LogP contribution in [0.4, 0.5) is 0 Å². The van der Waals surface area contributed by atoms with E-state index in [1.54, 1.807) is 7.11 Å². The molecule has 0 saturated heterocycles. The van der Waals surface area contributed by atoms with Crippen molar-refractivity contribution >= 4 is 5.91 Å². The van der Waals surface area contributed by atoms with Crippen LogP contribution in [0.25, 0.3) is 0 Å². The molecule has 0 aromatic carbocycles. The largest absolute Gasteiger partial charge is 0.383 e. The molecule has 98 valence electrons. The van der Waals surface area contributed by atoms with E-state index in [0.717, 1.165) is 0 Å². The Bertz CT molecular complexity index is 316. The van der Waals surface area contributed by atoms with Crippen molar-refractivity contribution < 1.29 is 9.53 Å². The van der Waals surface area contributed by atoms with Crippen LogP contribution in [-0.2, 0) is 9.53 Å². The molecule has 0 spiro atoms. The molecule has 1 N–H and O–H groups in total. The monoisotopic (exact) mass is 239 g/mol. The molecule has 0 unspecified atom stereocenters. The Kier molecular flexibility index (Phi) is 4.36. The first-order valence-corrected chi connectivity index (χ1v) is 6.25. The average Bonchev–Trinajstić information content (AvgIpc) is 2.66. The highest BCUT2D eigenvalue weighted by atomic mass is 16.5. The molecule has 3 nitrogen and oxygen atoms in total. The molecule has 0 aliphatic heterocycles. The van der Waals surface area contributed by atoms with Gasteiger partial charge in [-0.05, 0) is 32.1 Å². The third-order valence-corrected chi connectivity index (χ3v) is 3.51. The summed E-state index contributed by atoms with van der Waals surface area (Å²) in [5.41, 5.74) is 1.37. The van der Waals surface area contributed by atoms with Crippen LogP contribution in [0.1, 0.15) is 34.6 Å². The number of carbonyl (C=O) groups is 1. The van der Waals surface area contributed by atoms with Crippen molar-refractivity contribution in [3.05, 3.63) is 11.6 Å². The number of hydrogen-bond donors (Lipinski definition) is 1. The first-order chi connectivity index (χ1) is 7.80. The van der Waals surface area contributed by atoms with Crippen LogP contribution < -0.4 is 5.32 Å². The number of methoxy groups -OCH3 is 1. The molecule has 3 atom stereocenters. The maximum absolute atomic E-state index is 12.1. The van der Waals surface area contributed by atoms with Crippen molar-refractivity contribution in [1.29, 1.82) is 0 Å². The lowest BCUT2D eigenvalue weighted by molar-refractivity contribution is -0.124. The zero-order valence-corrected chi connectivity index (χ0v) is 11.8. The van der Waals surface area contributed by atoms with Gasteiger partial charge in [-0.2, -0.15) is 0 Å². The molecule has 0 bridgehead atoms. The maximum atomic E-state index is 12.1. The smallest absolute Gasteiger partial charge is 0.224 e. The predicted molar refractivity (Wildman–Crippen MR) is 69.7 cm³/mol. The topological polar surface area (TPSA) is 38.3 Å². The van der Waals surface area contributed by atoms with E-state index in [1.165, 1.54) is 5.57 Å². The molecule has 1 fully saturated rings. The van der Waals surface area contributed by atoms with Gasteiger partial charge in [-0.15, -0.1) is 0 Å². The van der Waals surface area contributed by atoms with Crippen molar-refractivity contribution in [2.45, 2.75) is 40.7 Å². The summed E-state index contributed by atoms with van der Waals surface area (Å²) in [6.45, 7) is 11.0. The minimum Gasteiger partial charge on any atom is -0.383 e. The Morgan fingerprint density at radius 2 is 2.06 bits per heavy atom. The molecule has 0 heterocycles. The second-order valence-electron chi connectivity index (χ2n) is 5.93. The second-order valence-corrected chi connectivity index (χ2v) is 5.93. The lowest BCUT2D eigenvalue weighted by Gasteiger charge is -2.13. The number of rotatable bonds is 5. The van der Waals surface area contributed by atoms with E-state index < -0.39 is 0 Å². The summed E-state index contributed by atoms with van der Waals surface area (Å²) in [5.74, 6) is 0.640. The third kappa shape index (κ3) is 3.32. The summed E-state index contributed by atoms with van der Waals surface area (Å²) in [5, 5.41) is 3.01. The van der Waals surface area contributed by atoms with Crippen molar-refractivity contribution in [3.63, 3.8) is 0 Å². The number of nitrogens with one attached hydrogen (secondary N) is 1. The van der Waals surface area contributed by atoms with Gasteiger partial charge in [0.05, 0.1) is 12.5 Å². The van der Waals surface area contributed by atoms with Crippen LogP contribution in [0.15, 0.2) is 11.6 Å². The van der Waals surface area contributed by atoms with Gasteiger partial charge in [0.15, 0.2) is 0 Å². The highest BCUT2D eigenvalue weighted by Crippen LogP contribution is 2.59. The highest BCUT2D eigenvalue weighted by molar-refractivity contribution is 5.83. The number of allylic oxidation sites excluding steroid dienone is 2. The molecule has 1 amide bonds. The lowest BCUT2D eigenvalue weighted by Crippen LogP contribution is -2.37. The van der Waals surface area contributed by atoms with Crippen LogP contribution in [0.2, 0.25) is 0 Å². The van der Waals surface area contributed by atoms with Gasteiger partial charge < -0.3 is 10.1 Å². The Hall–Kier alpha value is -0.830. The minimum absolute atomic E-state index is 0.0799. The third-order valence-electron chi connectivity index (χ3n) is 3.51. The SMILES string of the molecule is COC[C@@H](C)NC(=O)[C@H]1[C@H](C=C(C)C)C1(C)C. The molecule has 1 rings (SSSR count). The van der Waals surface area contributed by atoms with Crippen LogP contribution >= 0.6 is 0 Å². The second kappa shape index (κ2) is 5.21. The van der Waals surface area contributed by atoms with E-state index in [-0.39, 0.29) is 23.3 Å². The molecular weight excluding hydrogens is 214 g/mol. The van der Waals surface area contributed by atoms with Gasteiger partial charge in [-0.1, -0.05) is 25.5 Å². The fourth-order valence-corrected chi connectivity index (χ4v) is 2.47. The molecule has 0 aromatic rings. The van der Waals surface area contributed by atoms with Crippen LogP contribution in [-0.4, -0.2) is 25.7 Å². The predicted octanol–water partition coefficient (Wildman–Crippen LogP) is 2.38. The maximum Gasteiger partial charge on any atom is 0.224 e. The average molecular weight is 239 g/mol. The van der Waals surface area contributed by atoms with E-state index in [1.807, 2.05) is 6.92 Å². The number of amides is 1. The molecule has 1 aliphatic carbocycles. The first kappa shape index (κ1) is 14.2. The van der Waals surface area contributed by atoms with Crippen molar-refractivity contribution in [2.24, 2.45) is 17.3 Å². The van der Waals surface area contributed by atoms with Crippen molar-refractivity contribution in [1.82, 2.24) is 5.32 Å². The van der Waals surface area contributed by atoms with Crippen LogP contribution in [0, 0.1) is 17.3 Å². The number of hydrogen-bond acceptors (Lipinski definition) is 2. The molecule has 3 heteroatoms. The van der Waals surface area contributed by atoms with Crippen molar-refractivity contribution in [2.75, 3.05) is 13.7 Å². The summed E-state index contributed by atoms with van der Waals surface area (Å²) < 4.78 is 5.02. The quantitative estimate of drug-likeness (QED) is 0.748. The fourth-order valence-electron chi connectivity index (χ4n) is 2.47. The van der Waals surface area contributed by atoms with E-state index in [9.17, 15) is 4.79 Å². The van der Waals surface area contributed by atoms with Gasteiger partial charge in [-0.25, -0.2) is 0 Å². The van der Waals surface area contributed by atoms with Gasteiger partial charge in [0, 0.05) is 13.2 Å². The first-order valence-electron chi connectivity index (χ1n) is 6.25. The van der Waals surface area contributed by atoms with Crippen LogP contribution in [0.5, 0.6) is 0 Å². The van der Waals surface area contributed by atoms with Crippen molar-refractivity contribution in [3.8, 4) is 0 Å². The molecule has 17 heavy (non-hydrogen) atoms. The summed E-state index contributed by atoms with van der Waals surface area (Å²) in [4.78, 5) is 12.1. The zero-order chi connectivity index (χ0) is 13.2. The molecule has 1 saturated carbocycles. The van der Waals surface area contributed by atoms with Gasteiger partial charge in [0.1, 0.15) is 0 Å². The Labute approximate surface area is 105 Å². The van der Waals surface area contributed by atoms with E-state index in [2.05, 4.69) is 39.1 Å². The summed E-state index contributed by atoms with van der Waals surface area (Å²) in [6, 6.07) is 0.0799. The van der Waals surface area contributed by atoms with Gasteiger partial charge >= 0.3 is 0 Å². The summed E-state index contributed by atoms with van der Waals surface area (Å²) in [7, 11) is 1.65. The number of ether oxygens (including phenoxy) is 1. The molecule has 0 radical (unpaired) electrons. The Morgan fingerprint density at radius 3 is 2.53 bits per heavy atom. The Morgan fingerprint density at radius 1 is 1.47 bits per heavy atom. The number of carbonyl (C=O) groups excluding carboxylic acids is 1. The van der Waals surface area contributed by atoms with Gasteiger partial charge in [0.2, 0.25) is 5.91 Å². The zero-order valence-electron chi connectivity index (χ0n) is 11.8. The summed E-state index contributed by atoms with van der Waals surface area (Å²) in [6.07, 6.45) is 2.21. The fraction of sp³-hybridized carbons (Fsp3) is 0.786. The van der Waals surface area contributed by atoms with Crippen LogP contribution in [0.3, 0.4) is 0 Å². The van der Waals surface area contributed by atoms with E-state index >= 15 is 0 Å². The molecular formula is C14H25NO2.